The molecule has 0 radical (unpaired) electrons. The second kappa shape index (κ2) is 38.0. The Balaban J connectivity index is 1.41. The summed E-state index contributed by atoms with van der Waals surface area (Å²) in [7, 11) is 0. The van der Waals surface area contributed by atoms with Crippen molar-refractivity contribution in [3.63, 3.8) is 0 Å². The summed E-state index contributed by atoms with van der Waals surface area (Å²) in [6.45, 7) is 8.60. The molecule has 1 aliphatic rings. The Hall–Kier alpha value is -9.90. The number of nitrogens with zero attached hydrogens (tertiary/aromatic N) is 1. The van der Waals surface area contributed by atoms with Gasteiger partial charge in [-0.25, -0.2) is 0 Å². The zero-order chi connectivity index (χ0) is 71.6. The van der Waals surface area contributed by atoms with E-state index in [0.717, 1.165) is 6.92 Å². The number of nitrogens with one attached hydrogen (secondary N) is 9. The van der Waals surface area contributed by atoms with Crippen molar-refractivity contribution in [3.05, 3.63) is 137 Å². The molecule has 0 spiro atoms. The minimum Gasteiger partial charge on any atom is -0.508 e. The van der Waals surface area contributed by atoms with Crippen molar-refractivity contribution in [2.45, 2.75) is 172 Å². The van der Waals surface area contributed by atoms with Crippen LogP contribution in [0.15, 0.2) is 109 Å². The zero-order valence-corrected chi connectivity index (χ0v) is 55.8. The van der Waals surface area contributed by atoms with Crippen LogP contribution in [-0.4, -0.2) is 175 Å². The third-order valence-corrected chi connectivity index (χ3v) is 16.5. The molecule has 15 N–H and O–H groups in total. The van der Waals surface area contributed by atoms with E-state index in [9.17, 15) is 78.0 Å². The van der Waals surface area contributed by atoms with Gasteiger partial charge in [-0.15, -0.1) is 0 Å². The van der Waals surface area contributed by atoms with Crippen LogP contribution in [0.5, 0.6) is 5.75 Å². The molecule has 97 heavy (non-hydrogen) atoms. The maximum atomic E-state index is 15.2. The number of rotatable bonds is 37. The molecule has 28 nitrogen and oxygen atoms in total. The number of carbonyl (C=O) groups is 13. The van der Waals surface area contributed by atoms with Gasteiger partial charge < -0.3 is 78.9 Å². The highest BCUT2D eigenvalue weighted by Crippen LogP contribution is 2.30. The lowest BCUT2D eigenvalue weighted by Gasteiger charge is -2.38. The number of aromatic hydroxyl groups is 1. The summed E-state index contributed by atoms with van der Waals surface area (Å²) in [5.74, 6) is -15.3. The highest BCUT2D eigenvalue weighted by molar-refractivity contribution is 7.80. The molecule has 0 bridgehead atoms. The van der Waals surface area contributed by atoms with Gasteiger partial charge >= 0.3 is 11.9 Å². The number of carbonyl (C=O) groups excluding carboxylic acids is 11. The summed E-state index contributed by atoms with van der Waals surface area (Å²) >= 11 is 4.47. The number of unbranched alkanes of at least 4 members (excludes halogenated alkanes) is 1. The number of thiol groups is 1. The number of aliphatic carboxylic acids is 2. The molecule has 4 aromatic carbocycles. The molecule has 10 atom stereocenters. The van der Waals surface area contributed by atoms with Crippen molar-refractivity contribution in [2.24, 2.45) is 17.6 Å². The van der Waals surface area contributed by atoms with E-state index >= 15 is 4.79 Å². The number of carboxylic acid groups (broad SMARTS) is 2. The Morgan fingerprint density at radius 1 is 0.557 bits per heavy atom. The number of hydrogen-bond acceptors (Lipinski definition) is 16. The lowest BCUT2D eigenvalue weighted by molar-refractivity contribution is -0.145. The largest absolute Gasteiger partial charge is 0.508 e. The Kier molecular flexibility index (Phi) is 30.5. The van der Waals surface area contributed by atoms with Crippen molar-refractivity contribution in [1.29, 1.82) is 0 Å². The van der Waals surface area contributed by atoms with Crippen LogP contribution in [0.3, 0.4) is 0 Å². The molecule has 0 aromatic heterocycles. The Labute approximate surface area is 567 Å². The molecule has 4 aromatic rings. The quantitative estimate of drug-likeness (QED) is 0.0277. The van der Waals surface area contributed by atoms with E-state index in [1.165, 1.54) is 29.2 Å². The minimum atomic E-state index is -1.91. The first-order chi connectivity index (χ1) is 46.0. The fourth-order valence-corrected chi connectivity index (χ4v) is 11.3. The summed E-state index contributed by atoms with van der Waals surface area (Å²) in [5.41, 5.74) is 8.44. The Morgan fingerprint density at radius 2 is 1.05 bits per heavy atom. The number of fused-ring (bicyclic) bond motifs is 1. The van der Waals surface area contributed by atoms with E-state index < -0.39 is 175 Å². The first-order valence-electron chi connectivity index (χ1n) is 32.0. The van der Waals surface area contributed by atoms with E-state index in [1.54, 1.807) is 113 Å². The number of hydrogen-bond donors (Lipinski definition) is 15. The van der Waals surface area contributed by atoms with Crippen LogP contribution in [0, 0.1) is 11.8 Å². The number of phenolic OH excluding ortho intramolecular Hbond substituents is 1. The number of carboxylic acids is 2. The molecular formula is C68H89N11O17S. The van der Waals surface area contributed by atoms with Crippen LogP contribution in [-0.2, 0) is 81.7 Å². The molecule has 0 saturated heterocycles. The summed E-state index contributed by atoms with van der Waals surface area (Å²) in [6, 6.07) is 14.7. The predicted molar refractivity (Wildman–Crippen MR) is 357 cm³/mol. The highest BCUT2D eigenvalue weighted by atomic mass is 32.1. The smallest absolute Gasteiger partial charge is 0.305 e. The lowest BCUT2D eigenvalue weighted by Crippen LogP contribution is -2.63. The maximum absolute atomic E-state index is 15.2. The van der Waals surface area contributed by atoms with Gasteiger partial charge in [-0.1, -0.05) is 145 Å². The first-order valence-corrected chi connectivity index (χ1v) is 32.6. The topological polar surface area (TPSA) is 440 Å². The second-order valence-electron chi connectivity index (χ2n) is 24.5. The van der Waals surface area contributed by atoms with Crippen LogP contribution >= 0.6 is 12.6 Å². The van der Waals surface area contributed by atoms with Gasteiger partial charge in [0.15, 0.2) is 0 Å². The van der Waals surface area contributed by atoms with Gasteiger partial charge in [-0.3, -0.25) is 62.3 Å². The molecule has 0 aliphatic carbocycles. The molecule has 0 fully saturated rings. The summed E-state index contributed by atoms with van der Waals surface area (Å²) in [4.78, 5) is 180. The molecule has 11 amide bonds. The number of aliphatic hydroxyl groups excluding tert-OH is 1. The molecule has 1 heterocycles. The van der Waals surface area contributed by atoms with E-state index in [4.69, 9.17) is 5.73 Å². The van der Waals surface area contributed by atoms with E-state index in [0.29, 0.717) is 40.7 Å². The summed E-state index contributed by atoms with van der Waals surface area (Å²) in [6.07, 6.45) is -1.19. The average Bonchev–Trinajstić information content (AvgIpc) is 0.795. The Bertz CT molecular complexity index is 3380. The van der Waals surface area contributed by atoms with Crippen LogP contribution in [0.2, 0.25) is 0 Å². The molecular weight excluding hydrogens is 1270 g/mol. The van der Waals surface area contributed by atoms with Gasteiger partial charge in [0.25, 0.3) is 0 Å². The van der Waals surface area contributed by atoms with Crippen molar-refractivity contribution in [3.8, 4) is 5.75 Å². The number of primary amides is 1. The van der Waals surface area contributed by atoms with Crippen molar-refractivity contribution < 1.29 is 82.8 Å². The molecule has 5 rings (SSSR count). The molecule has 0 unspecified atom stereocenters. The highest BCUT2D eigenvalue weighted by Gasteiger charge is 2.42. The van der Waals surface area contributed by atoms with Crippen molar-refractivity contribution in [2.75, 3.05) is 12.4 Å². The zero-order valence-electron chi connectivity index (χ0n) is 55.0. The number of phenols is 1. The van der Waals surface area contributed by atoms with Gasteiger partial charge in [-0.2, -0.15) is 12.6 Å². The number of nitrogens with two attached hydrogens (primary N) is 1. The third-order valence-electron chi connectivity index (χ3n) is 16.1. The van der Waals surface area contributed by atoms with Crippen molar-refractivity contribution >= 4 is 89.5 Å². The SMILES string of the molecule is CCCC[C@H](NC(=O)[C@H]1Cc2ccccc2CN1C(=O)[C@H](CS)NC(=O)[C@H](CC(C)C)NC(=O)[C@@H](NC(=O)[C@@H](NC(=O)[C@H](CC(=O)O)NC(=O)[C@H](CCC(=O)O)NC(C)=O)C(c1ccccc1)c1ccccc1)C(C)C)C(=O)N[C@@H](CO)C(=O)N[C@@H](Cc1ccc(O)cc1)C(N)=O. The number of aliphatic hydroxyl groups is 1. The molecule has 1 aliphatic heterocycles. The fourth-order valence-electron chi connectivity index (χ4n) is 11.1. The van der Waals surface area contributed by atoms with Gasteiger partial charge in [0, 0.05) is 44.4 Å². The lowest BCUT2D eigenvalue weighted by atomic mass is 9.84. The number of amides is 11. The van der Waals surface area contributed by atoms with Crippen molar-refractivity contribution in [1.82, 2.24) is 52.8 Å². The van der Waals surface area contributed by atoms with E-state index in [2.05, 4.69) is 60.5 Å². The van der Waals surface area contributed by atoms with Crippen LogP contribution in [0.25, 0.3) is 0 Å². The second-order valence-corrected chi connectivity index (χ2v) is 24.9. The standard InChI is InChI=1S/C68H89N11O17S/c1-7-8-23-46(60(88)75-51(35-80)64(92)72-48(59(69)87)31-40-24-26-45(82)27-25-40)71-65(93)53-32-43-21-15-16-22-44(43)34-79(53)68(96)52(36-97)76-62(90)49(30-37(2)3)74-66(94)57(38(4)5)77-67(95)58(56(41-17-11-9-12-18-41)42-19-13-10-14-20-42)78-63(91)50(33-55(85)86)73-61(89)47(70-39(6)81)28-29-54(83)84/h9-22,24-27,37-38,46-53,56-58,80,82,97H,7-8,23,28-36H2,1-6H3,(H2,69,87)(H,70,81)(H,71,93)(H,72,92)(H,73,89)(H,74,94)(H,75,88)(H,76,90)(H,77,95)(H,78,91)(H,83,84)(H,85,86)/t46-,47-,48-,49-,50-,51-,52-,53+,57-,58-/m0/s1. The van der Waals surface area contributed by atoms with Gasteiger partial charge in [0.05, 0.1) is 13.0 Å². The normalized spacial score (nSPS) is 15.4. The third kappa shape index (κ3) is 23.8. The van der Waals surface area contributed by atoms with Gasteiger partial charge in [0.2, 0.25) is 65.0 Å². The minimum absolute atomic E-state index is 0.0178. The first kappa shape index (κ1) is 77.8. The summed E-state index contributed by atoms with van der Waals surface area (Å²) in [5, 5.41) is 62.4. The molecule has 524 valence electrons. The van der Waals surface area contributed by atoms with Gasteiger partial charge in [-0.05, 0) is 71.0 Å². The van der Waals surface area contributed by atoms with Crippen LogP contribution < -0.4 is 53.6 Å². The van der Waals surface area contributed by atoms with Gasteiger partial charge in [0.1, 0.15) is 66.2 Å². The van der Waals surface area contributed by atoms with E-state index in [-0.39, 0.29) is 49.6 Å². The van der Waals surface area contributed by atoms with E-state index in [1.807, 2.05) is 6.92 Å². The maximum Gasteiger partial charge on any atom is 0.305 e. The fraction of sp³-hybridized carbons (Fsp3) is 0.456. The summed E-state index contributed by atoms with van der Waals surface area (Å²) < 4.78 is 0. The number of benzene rings is 4. The molecule has 29 heteroatoms. The predicted octanol–water partition coefficient (Wildman–Crippen LogP) is 0.743. The average molecular weight is 1360 g/mol. The molecule has 0 saturated carbocycles. The Morgan fingerprint density at radius 3 is 1.58 bits per heavy atom. The monoisotopic (exact) mass is 1360 g/mol. The van der Waals surface area contributed by atoms with Crippen LogP contribution in [0.4, 0.5) is 0 Å². The van der Waals surface area contributed by atoms with Crippen LogP contribution in [0.1, 0.15) is 120 Å².